The van der Waals surface area contributed by atoms with Crippen LogP contribution in [-0.2, 0) is 10.0 Å². The highest BCUT2D eigenvalue weighted by molar-refractivity contribution is 9.10. The number of sulfonamides is 1. The van der Waals surface area contributed by atoms with Crippen LogP contribution >= 0.6 is 28.1 Å². The Hall–Kier alpha value is -0.860. The van der Waals surface area contributed by atoms with Crippen molar-refractivity contribution in [3.05, 3.63) is 22.7 Å². The first kappa shape index (κ1) is 15.2. The fourth-order valence-electron chi connectivity index (χ4n) is 1.15. The fourth-order valence-corrected chi connectivity index (χ4v) is 2.93. The smallest absolute Gasteiger partial charge is 0.241 e. The normalized spacial score (nSPS) is 12.8. The number of nitrogens with one attached hydrogen (secondary N) is 1. The molecule has 8 heteroatoms. The summed E-state index contributed by atoms with van der Waals surface area (Å²) in [5.41, 5.74) is 5.72. The minimum absolute atomic E-state index is 0.0792. The van der Waals surface area contributed by atoms with Crippen molar-refractivity contribution in [1.82, 2.24) is 0 Å². The van der Waals surface area contributed by atoms with Gasteiger partial charge in [0, 0.05) is 10.5 Å². The van der Waals surface area contributed by atoms with Crippen LogP contribution in [0.1, 0.15) is 6.92 Å². The van der Waals surface area contributed by atoms with Gasteiger partial charge in [0.2, 0.25) is 10.0 Å². The van der Waals surface area contributed by atoms with Crippen molar-refractivity contribution in [2.45, 2.75) is 12.2 Å². The SMILES string of the molecule is COc1cc(Br)cc(NS(=O)(=O)C(C)C(N)=S)c1. The molecule has 0 aliphatic carbocycles. The molecule has 5 nitrogen and oxygen atoms in total. The number of hydrogen-bond donors (Lipinski definition) is 2. The molecule has 1 atom stereocenters. The predicted octanol–water partition coefficient (Wildman–Crippen LogP) is 1.87. The summed E-state index contributed by atoms with van der Waals surface area (Å²) in [6.07, 6.45) is 0. The lowest BCUT2D eigenvalue weighted by molar-refractivity contribution is 0.415. The second-order valence-corrected chi connectivity index (χ2v) is 6.96. The maximum Gasteiger partial charge on any atom is 0.241 e. The van der Waals surface area contributed by atoms with E-state index < -0.39 is 15.3 Å². The molecule has 0 bridgehead atoms. The Balaban J connectivity index is 3.04. The van der Waals surface area contributed by atoms with Crippen LogP contribution in [0.5, 0.6) is 5.75 Å². The summed E-state index contributed by atoms with van der Waals surface area (Å²) < 4.78 is 32.0. The van der Waals surface area contributed by atoms with Gasteiger partial charge in [-0.15, -0.1) is 0 Å². The van der Waals surface area contributed by atoms with Crippen molar-refractivity contribution in [3.63, 3.8) is 0 Å². The largest absolute Gasteiger partial charge is 0.497 e. The molecule has 1 rings (SSSR count). The highest BCUT2D eigenvalue weighted by atomic mass is 79.9. The average molecular weight is 353 g/mol. The van der Waals surface area contributed by atoms with Gasteiger partial charge in [-0.05, 0) is 19.1 Å². The molecule has 0 aromatic heterocycles. The van der Waals surface area contributed by atoms with Gasteiger partial charge in [-0.25, -0.2) is 8.42 Å². The van der Waals surface area contributed by atoms with Gasteiger partial charge >= 0.3 is 0 Å². The molecule has 0 radical (unpaired) electrons. The van der Waals surface area contributed by atoms with Gasteiger partial charge in [0.15, 0.2) is 0 Å². The van der Waals surface area contributed by atoms with E-state index in [1.165, 1.54) is 14.0 Å². The van der Waals surface area contributed by atoms with E-state index in [-0.39, 0.29) is 4.99 Å². The summed E-state index contributed by atoms with van der Waals surface area (Å²) in [6, 6.07) is 4.90. The van der Waals surface area contributed by atoms with Gasteiger partial charge in [-0.3, -0.25) is 4.72 Å². The van der Waals surface area contributed by atoms with E-state index in [2.05, 4.69) is 32.9 Å². The van der Waals surface area contributed by atoms with Crippen molar-refractivity contribution in [1.29, 1.82) is 0 Å². The Kier molecular flexibility index (Phi) is 4.94. The predicted molar refractivity (Wildman–Crippen MR) is 79.5 cm³/mol. The number of benzene rings is 1. The second kappa shape index (κ2) is 5.85. The third-order valence-corrected chi connectivity index (χ3v) is 4.90. The van der Waals surface area contributed by atoms with Gasteiger partial charge in [-0.2, -0.15) is 0 Å². The van der Waals surface area contributed by atoms with Crippen molar-refractivity contribution < 1.29 is 13.2 Å². The van der Waals surface area contributed by atoms with E-state index in [1.54, 1.807) is 18.2 Å². The lowest BCUT2D eigenvalue weighted by Crippen LogP contribution is -2.35. The number of hydrogen-bond acceptors (Lipinski definition) is 4. The zero-order valence-electron chi connectivity index (χ0n) is 9.81. The van der Waals surface area contributed by atoms with Crippen LogP contribution < -0.4 is 15.2 Å². The van der Waals surface area contributed by atoms with E-state index in [9.17, 15) is 8.42 Å². The van der Waals surface area contributed by atoms with Crippen LogP contribution in [0.4, 0.5) is 5.69 Å². The number of halogens is 1. The first-order chi connectivity index (χ1) is 8.26. The summed E-state index contributed by atoms with van der Waals surface area (Å²) in [4.78, 5) is -0.0792. The summed E-state index contributed by atoms with van der Waals surface area (Å²) in [5.74, 6) is 0.532. The van der Waals surface area contributed by atoms with Crippen molar-refractivity contribution in [3.8, 4) is 5.75 Å². The molecule has 100 valence electrons. The van der Waals surface area contributed by atoms with E-state index in [1.807, 2.05) is 0 Å². The molecule has 0 fully saturated rings. The second-order valence-electron chi connectivity index (χ2n) is 3.57. The van der Waals surface area contributed by atoms with E-state index >= 15 is 0 Å². The van der Waals surface area contributed by atoms with Gasteiger partial charge in [0.25, 0.3) is 0 Å². The molecule has 0 saturated carbocycles. The molecule has 3 N–H and O–H groups in total. The van der Waals surface area contributed by atoms with Crippen molar-refractivity contribution in [2.24, 2.45) is 5.73 Å². The van der Waals surface area contributed by atoms with Gasteiger partial charge in [-0.1, -0.05) is 28.1 Å². The Morgan fingerprint density at radius 3 is 2.61 bits per heavy atom. The summed E-state index contributed by atoms with van der Waals surface area (Å²) in [7, 11) is -2.15. The first-order valence-corrected chi connectivity index (χ1v) is 7.66. The monoisotopic (exact) mass is 352 g/mol. The van der Waals surface area contributed by atoms with Crippen molar-refractivity contribution >= 4 is 48.8 Å². The van der Waals surface area contributed by atoms with Crippen molar-refractivity contribution in [2.75, 3.05) is 11.8 Å². The van der Waals surface area contributed by atoms with Crippen LogP contribution in [0.25, 0.3) is 0 Å². The molecule has 1 aromatic rings. The molecular weight excluding hydrogens is 340 g/mol. The topological polar surface area (TPSA) is 81.4 Å². The highest BCUT2D eigenvalue weighted by Gasteiger charge is 2.23. The Morgan fingerprint density at radius 1 is 1.50 bits per heavy atom. The standard InChI is InChI=1S/C10H13BrN2O3S2/c1-6(10(12)17)18(14,15)13-8-3-7(11)4-9(5-8)16-2/h3-6,13H,1-2H3,(H2,12,17). The third kappa shape index (κ3) is 3.82. The molecule has 0 saturated heterocycles. The molecule has 18 heavy (non-hydrogen) atoms. The van der Waals surface area contributed by atoms with Crippen LogP contribution in [0, 0.1) is 0 Å². The van der Waals surface area contributed by atoms with Crippen LogP contribution in [0.15, 0.2) is 22.7 Å². The molecule has 0 spiro atoms. The molecule has 0 amide bonds. The van der Waals surface area contributed by atoms with Crippen LogP contribution in [-0.4, -0.2) is 25.8 Å². The lowest BCUT2D eigenvalue weighted by atomic mass is 10.3. The quantitative estimate of drug-likeness (QED) is 0.790. The maximum atomic E-state index is 11.9. The number of ether oxygens (including phenoxy) is 1. The van der Waals surface area contributed by atoms with Crippen LogP contribution in [0.2, 0.25) is 0 Å². The summed E-state index contributed by atoms with van der Waals surface area (Å²) >= 11 is 7.94. The maximum absolute atomic E-state index is 11.9. The zero-order chi connectivity index (χ0) is 13.9. The van der Waals surface area contributed by atoms with Crippen LogP contribution in [0.3, 0.4) is 0 Å². The third-order valence-electron chi connectivity index (χ3n) is 2.23. The molecule has 1 aromatic carbocycles. The van der Waals surface area contributed by atoms with E-state index in [0.29, 0.717) is 15.9 Å². The lowest BCUT2D eigenvalue weighted by Gasteiger charge is -2.14. The fraction of sp³-hybridized carbons (Fsp3) is 0.300. The summed E-state index contributed by atoms with van der Waals surface area (Å²) in [6.45, 7) is 1.43. The number of thiocarbonyl (C=S) groups is 1. The number of anilines is 1. The van der Waals surface area contributed by atoms with Gasteiger partial charge in [0.05, 0.1) is 17.8 Å². The van der Waals surface area contributed by atoms with Gasteiger partial charge < -0.3 is 10.5 Å². The van der Waals surface area contributed by atoms with Gasteiger partial charge in [0.1, 0.15) is 11.0 Å². The first-order valence-electron chi connectivity index (χ1n) is 4.92. The number of methoxy groups -OCH3 is 1. The minimum Gasteiger partial charge on any atom is -0.497 e. The highest BCUT2D eigenvalue weighted by Crippen LogP contribution is 2.25. The summed E-state index contributed by atoms with van der Waals surface area (Å²) in [5, 5.41) is -0.947. The minimum atomic E-state index is -3.65. The average Bonchev–Trinajstić information content (AvgIpc) is 2.26. The zero-order valence-corrected chi connectivity index (χ0v) is 13.0. The molecular formula is C10H13BrN2O3S2. The van der Waals surface area contributed by atoms with E-state index in [4.69, 9.17) is 10.5 Å². The Bertz CT molecular complexity index is 560. The number of nitrogens with two attached hydrogens (primary N) is 1. The molecule has 1 unspecified atom stereocenters. The molecule has 0 aliphatic heterocycles. The van der Waals surface area contributed by atoms with E-state index in [0.717, 1.165) is 0 Å². The Morgan fingerprint density at radius 2 is 2.11 bits per heavy atom. The molecule has 0 aliphatic rings. The molecule has 0 heterocycles. The Labute approximate surface area is 120 Å². The number of rotatable bonds is 5.